The predicted octanol–water partition coefficient (Wildman–Crippen LogP) is 3.29. The van der Waals surface area contributed by atoms with E-state index >= 15 is 0 Å². The van der Waals surface area contributed by atoms with Crippen molar-refractivity contribution in [1.82, 2.24) is 14.8 Å². The zero-order chi connectivity index (χ0) is 22.8. The van der Waals surface area contributed by atoms with Crippen LogP contribution in [0.3, 0.4) is 0 Å². The van der Waals surface area contributed by atoms with Gasteiger partial charge in [-0.3, -0.25) is 14.5 Å². The fraction of sp³-hybridized carbons (Fsp3) is 0.333. The van der Waals surface area contributed by atoms with Crippen LogP contribution >= 0.6 is 0 Å². The summed E-state index contributed by atoms with van der Waals surface area (Å²) in [4.78, 5) is 29.8. The summed E-state index contributed by atoms with van der Waals surface area (Å²) in [6, 6.07) is 22.4. The summed E-state index contributed by atoms with van der Waals surface area (Å²) in [6.45, 7) is 2.77. The highest BCUT2D eigenvalue weighted by Crippen LogP contribution is 2.29. The zero-order valence-corrected chi connectivity index (χ0v) is 19.0. The van der Waals surface area contributed by atoms with Gasteiger partial charge in [-0.15, -0.1) is 0 Å². The molecule has 2 atom stereocenters. The number of aryl methyl sites for hydroxylation is 1. The van der Waals surface area contributed by atoms with Crippen LogP contribution in [0.15, 0.2) is 72.9 Å². The van der Waals surface area contributed by atoms with Crippen molar-refractivity contribution < 1.29 is 9.59 Å². The Hall–Kier alpha value is -3.38. The normalized spacial score (nSPS) is 19.4. The van der Waals surface area contributed by atoms with Gasteiger partial charge in [-0.25, -0.2) is 0 Å². The minimum Gasteiger partial charge on any atom is -0.354 e. The van der Waals surface area contributed by atoms with Gasteiger partial charge in [-0.2, -0.15) is 0 Å². The lowest BCUT2D eigenvalue weighted by atomic mass is 9.97. The maximum atomic E-state index is 13.1. The molecule has 33 heavy (non-hydrogen) atoms. The summed E-state index contributed by atoms with van der Waals surface area (Å²) in [5.41, 5.74) is 4.80. The standard InChI is InChI=1S/C27H30N4O2/c1-29-14-7-12-24(29)25(30-15-13-20-8-5-6-9-21(20)18-30)17-28-27(33)22-16-26(32)31(19-22)23-10-3-2-4-11-23/h2-12,14,22,25H,13,15-19H2,1H3,(H,28,33)/t22-,25+/m0/s1. The van der Waals surface area contributed by atoms with E-state index in [0.717, 1.165) is 25.2 Å². The second-order valence-corrected chi connectivity index (χ2v) is 9.04. The van der Waals surface area contributed by atoms with Crippen molar-refractivity contribution in [1.29, 1.82) is 0 Å². The van der Waals surface area contributed by atoms with Crippen LogP contribution in [0.4, 0.5) is 5.69 Å². The average molecular weight is 443 g/mol. The molecule has 0 radical (unpaired) electrons. The fourth-order valence-corrected chi connectivity index (χ4v) is 5.11. The van der Waals surface area contributed by atoms with E-state index < -0.39 is 0 Å². The average Bonchev–Trinajstić information content (AvgIpc) is 3.45. The molecule has 0 aliphatic carbocycles. The van der Waals surface area contributed by atoms with Crippen LogP contribution < -0.4 is 10.2 Å². The maximum Gasteiger partial charge on any atom is 0.227 e. The van der Waals surface area contributed by atoms with E-state index in [4.69, 9.17) is 0 Å². The highest BCUT2D eigenvalue weighted by atomic mass is 16.2. The predicted molar refractivity (Wildman–Crippen MR) is 129 cm³/mol. The van der Waals surface area contributed by atoms with Crippen LogP contribution in [0.1, 0.15) is 29.3 Å². The first-order valence-corrected chi connectivity index (χ1v) is 11.7. The molecule has 1 saturated heterocycles. The van der Waals surface area contributed by atoms with Gasteiger partial charge in [0.2, 0.25) is 11.8 Å². The van der Waals surface area contributed by atoms with E-state index in [9.17, 15) is 9.59 Å². The van der Waals surface area contributed by atoms with E-state index in [1.165, 1.54) is 16.8 Å². The summed E-state index contributed by atoms with van der Waals surface area (Å²) in [6.07, 6.45) is 3.32. The van der Waals surface area contributed by atoms with Crippen LogP contribution in [0.5, 0.6) is 0 Å². The van der Waals surface area contributed by atoms with Gasteiger partial charge in [0.05, 0.1) is 12.0 Å². The monoisotopic (exact) mass is 442 g/mol. The number of hydrogen-bond acceptors (Lipinski definition) is 3. The SMILES string of the molecule is Cn1cccc1[C@@H](CNC(=O)[C@H]1CC(=O)N(c2ccccc2)C1)N1CCc2ccccc2C1. The van der Waals surface area contributed by atoms with Gasteiger partial charge in [0.1, 0.15) is 0 Å². The van der Waals surface area contributed by atoms with Crippen molar-refractivity contribution in [2.24, 2.45) is 13.0 Å². The summed E-state index contributed by atoms with van der Waals surface area (Å²) in [5, 5.41) is 3.18. The second kappa shape index (κ2) is 9.24. The molecule has 1 fully saturated rings. The molecule has 6 nitrogen and oxygen atoms in total. The summed E-state index contributed by atoms with van der Waals surface area (Å²) >= 11 is 0. The second-order valence-electron chi connectivity index (χ2n) is 9.04. The molecule has 3 aromatic rings. The van der Waals surface area contributed by atoms with Crippen LogP contribution in [0.2, 0.25) is 0 Å². The first kappa shape index (κ1) is 21.5. The number of rotatable bonds is 6. The molecule has 0 bridgehead atoms. The van der Waals surface area contributed by atoms with E-state index in [2.05, 4.69) is 64.4 Å². The van der Waals surface area contributed by atoms with Crippen LogP contribution in [-0.4, -0.2) is 40.9 Å². The number of nitrogens with zero attached hydrogens (tertiary/aromatic N) is 3. The van der Waals surface area contributed by atoms with Gasteiger partial charge < -0.3 is 14.8 Å². The Balaban J connectivity index is 1.28. The Morgan fingerprint density at radius 1 is 1.03 bits per heavy atom. The summed E-state index contributed by atoms with van der Waals surface area (Å²) in [7, 11) is 2.05. The number of nitrogens with one attached hydrogen (secondary N) is 1. The highest BCUT2D eigenvalue weighted by molar-refractivity contribution is 6.00. The largest absolute Gasteiger partial charge is 0.354 e. The number of fused-ring (bicyclic) bond motifs is 1. The molecule has 0 spiro atoms. The van der Waals surface area contributed by atoms with Crippen LogP contribution in [0, 0.1) is 5.92 Å². The molecular formula is C27H30N4O2. The first-order valence-electron chi connectivity index (χ1n) is 11.7. The lowest BCUT2D eigenvalue weighted by Gasteiger charge is -2.36. The molecule has 2 aliphatic rings. The molecule has 2 aliphatic heterocycles. The van der Waals surface area contributed by atoms with Gasteiger partial charge in [0.25, 0.3) is 0 Å². The van der Waals surface area contributed by atoms with Gasteiger partial charge in [-0.05, 0) is 41.8 Å². The van der Waals surface area contributed by atoms with E-state index in [0.29, 0.717) is 13.1 Å². The lowest BCUT2D eigenvalue weighted by molar-refractivity contribution is -0.126. The molecule has 2 amide bonds. The number of aromatic nitrogens is 1. The number of amides is 2. The number of hydrogen-bond donors (Lipinski definition) is 1. The number of para-hydroxylation sites is 1. The van der Waals surface area contributed by atoms with Crippen molar-refractivity contribution in [3.63, 3.8) is 0 Å². The van der Waals surface area contributed by atoms with Crippen molar-refractivity contribution in [3.05, 3.63) is 89.7 Å². The third-order valence-electron chi connectivity index (χ3n) is 6.96. The molecule has 170 valence electrons. The van der Waals surface area contributed by atoms with Gasteiger partial charge in [-0.1, -0.05) is 42.5 Å². The minimum absolute atomic E-state index is 0.00738. The molecule has 0 unspecified atom stereocenters. The molecule has 0 saturated carbocycles. The molecule has 1 aromatic heterocycles. The Labute approximate surface area is 194 Å². The first-order chi connectivity index (χ1) is 16.1. The third-order valence-corrected chi connectivity index (χ3v) is 6.96. The zero-order valence-electron chi connectivity index (χ0n) is 19.0. The Morgan fingerprint density at radius 3 is 2.55 bits per heavy atom. The van der Waals surface area contributed by atoms with E-state index in [1.807, 2.05) is 30.3 Å². The van der Waals surface area contributed by atoms with Crippen LogP contribution in [-0.2, 0) is 29.6 Å². The van der Waals surface area contributed by atoms with Crippen molar-refractivity contribution in [3.8, 4) is 0 Å². The minimum atomic E-state index is -0.325. The molecule has 5 rings (SSSR count). The Morgan fingerprint density at radius 2 is 1.79 bits per heavy atom. The smallest absolute Gasteiger partial charge is 0.227 e. The Bertz CT molecular complexity index is 1140. The fourth-order valence-electron chi connectivity index (χ4n) is 5.11. The molecule has 3 heterocycles. The van der Waals surface area contributed by atoms with Crippen molar-refractivity contribution >= 4 is 17.5 Å². The van der Waals surface area contributed by atoms with Gasteiger partial charge >= 0.3 is 0 Å². The molecular weight excluding hydrogens is 412 g/mol. The third kappa shape index (κ3) is 4.44. The van der Waals surface area contributed by atoms with Gasteiger partial charge in [0.15, 0.2) is 0 Å². The topological polar surface area (TPSA) is 57.6 Å². The van der Waals surface area contributed by atoms with Crippen molar-refractivity contribution in [2.75, 3.05) is 24.5 Å². The summed E-state index contributed by atoms with van der Waals surface area (Å²) < 4.78 is 2.13. The van der Waals surface area contributed by atoms with Crippen LogP contribution in [0.25, 0.3) is 0 Å². The lowest BCUT2D eigenvalue weighted by Crippen LogP contribution is -2.43. The summed E-state index contributed by atoms with van der Waals surface area (Å²) in [5.74, 6) is -0.361. The highest BCUT2D eigenvalue weighted by Gasteiger charge is 2.36. The van der Waals surface area contributed by atoms with Crippen molar-refractivity contribution in [2.45, 2.75) is 25.4 Å². The number of anilines is 1. The van der Waals surface area contributed by atoms with E-state index in [-0.39, 0.29) is 30.2 Å². The maximum absolute atomic E-state index is 13.1. The molecule has 2 aromatic carbocycles. The quantitative estimate of drug-likeness (QED) is 0.637. The Kier molecular flexibility index (Phi) is 6.01. The number of benzene rings is 2. The molecule has 6 heteroatoms. The number of carbonyl (C=O) groups is 2. The molecule has 1 N–H and O–H groups in total. The van der Waals surface area contributed by atoms with E-state index in [1.54, 1.807) is 4.90 Å². The number of carbonyl (C=O) groups excluding carboxylic acids is 2. The van der Waals surface area contributed by atoms with Gasteiger partial charge in [0, 0.05) is 57.2 Å².